The average Bonchev–Trinajstić information content (AvgIpc) is 2.50. The van der Waals surface area contributed by atoms with Gasteiger partial charge in [-0.25, -0.2) is 4.99 Å². The minimum absolute atomic E-state index is 0.169. The van der Waals surface area contributed by atoms with E-state index in [1.54, 1.807) is 7.11 Å². The number of aryl methyl sites for hydroxylation is 1. The van der Waals surface area contributed by atoms with E-state index in [1.165, 1.54) is 0 Å². The van der Waals surface area contributed by atoms with Gasteiger partial charge in [0.1, 0.15) is 0 Å². The fourth-order valence-corrected chi connectivity index (χ4v) is 2.61. The van der Waals surface area contributed by atoms with Crippen molar-refractivity contribution < 1.29 is 9.31 Å². The fourth-order valence-electron chi connectivity index (χ4n) is 2.44. The molecule has 4 nitrogen and oxygen atoms in total. The summed E-state index contributed by atoms with van der Waals surface area (Å²) in [5, 5.41) is 0.705. The molecule has 1 aromatic carbocycles. The number of ether oxygens (including phenoxy) is 1. The zero-order chi connectivity index (χ0) is 19.8. The number of benzene rings is 1. The lowest BCUT2D eigenvalue weighted by Gasteiger charge is -2.24. The topological polar surface area (TPSA) is 27.8 Å². The summed E-state index contributed by atoms with van der Waals surface area (Å²) in [4.78, 5) is 6.81. The van der Waals surface area contributed by atoms with Gasteiger partial charge < -0.3 is 4.74 Å². The summed E-state index contributed by atoms with van der Waals surface area (Å²) in [5.74, 6) is 1.50. The first-order chi connectivity index (χ1) is 11.5. The monoisotopic (exact) mass is 368 g/mol. The molecule has 0 unspecified atom stereocenters. The molecule has 0 N–H and O–H groups in total. The standard InChI is InChI=1S/C18H29ClN3O.C2H6/c1-13-9-10-14(11-15(13)19)20-16(23-8)17(21(5)6)22(7)12-18(2,3)4;1-2/h9-11H,12H2,1-8H3;1-2H3/q+1;. The third kappa shape index (κ3) is 7.91. The molecule has 1 aromatic rings. The summed E-state index contributed by atoms with van der Waals surface area (Å²) in [6.45, 7) is 13.5. The predicted molar refractivity (Wildman–Crippen MR) is 111 cm³/mol. The van der Waals surface area contributed by atoms with Crippen molar-refractivity contribution in [2.75, 3.05) is 34.8 Å². The molecule has 0 aliphatic carbocycles. The van der Waals surface area contributed by atoms with Crippen LogP contribution in [0, 0.1) is 12.3 Å². The Labute approximate surface area is 159 Å². The van der Waals surface area contributed by atoms with E-state index in [1.807, 2.05) is 57.6 Å². The fraction of sp³-hybridized carbons (Fsp3) is 0.600. The van der Waals surface area contributed by atoms with Gasteiger partial charge in [0.25, 0.3) is 0 Å². The molecule has 0 aromatic heterocycles. The molecule has 0 heterocycles. The minimum Gasteiger partial charge on any atom is -0.475 e. The maximum absolute atomic E-state index is 6.19. The second kappa shape index (κ2) is 10.4. The van der Waals surface area contributed by atoms with E-state index in [2.05, 4.69) is 37.7 Å². The molecule has 0 fully saturated rings. The Balaban J connectivity index is 0.00000277. The van der Waals surface area contributed by atoms with Crippen LogP contribution in [0.5, 0.6) is 0 Å². The molecule has 25 heavy (non-hydrogen) atoms. The van der Waals surface area contributed by atoms with Crippen molar-refractivity contribution in [2.24, 2.45) is 10.4 Å². The van der Waals surface area contributed by atoms with Gasteiger partial charge in [-0.1, -0.05) is 52.3 Å². The van der Waals surface area contributed by atoms with E-state index < -0.39 is 0 Å². The van der Waals surface area contributed by atoms with Crippen LogP contribution >= 0.6 is 11.6 Å². The lowest BCUT2D eigenvalue weighted by molar-refractivity contribution is -0.468. The van der Waals surface area contributed by atoms with Crippen LogP contribution in [-0.2, 0) is 4.74 Å². The van der Waals surface area contributed by atoms with Crippen LogP contribution < -0.4 is 0 Å². The third-order valence-electron chi connectivity index (χ3n) is 3.27. The highest BCUT2D eigenvalue weighted by atomic mass is 35.5. The number of nitrogens with zero attached hydrogens (tertiary/aromatic N) is 3. The van der Waals surface area contributed by atoms with Gasteiger partial charge in [-0.2, -0.15) is 0 Å². The number of hydrogen-bond acceptors (Lipinski definition) is 2. The average molecular weight is 369 g/mol. The molecule has 0 amide bonds. The molecule has 0 saturated heterocycles. The normalized spacial score (nSPS) is 11.4. The molecule has 0 atom stereocenters. The highest BCUT2D eigenvalue weighted by Gasteiger charge is 2.28. The number of methoxy groups -OCH3 is 1. The van der Waals surface area contributed by atoms with Gasteiger partial charge in [0.2, 0.25) is 0 Å². The first-order valence-corrected chi connectivity index (χ1v) is 9.07. The number of halogens is 1. The molecule has 5 heteroatoms. The van der Waals surface area contributed by atoms with Crippen molar-refractivity contribution in [3.05, 3.63) is 28.8 Å². The van der Waals surface area contributed by atoms with E-state index in [0.29, 0.717) is 10.9 Å². The highest BCUT2D eigenvalue weighted by Crippen LogP contribution is 2.23. The van der Waals surface area contributed by atoms with Crippen molar-refractivity contribution in [1.82, 2.24) is 4.90 Å². The zero-order valence-electron chi connectivity index (χ0n) is 17.6. The molecular formula is C20H35ClN3O+. The van der Waals surface area contributed by atoms with Crippen molar-refractivity contribution in [3.8, 4) is 0 Å². The minimum atomic E-state index is 0.169. The van der Waals surface area contributed by atoms with Gasteiger partial charge in [0.05, 0.1) is 40.5 Å². The molecule has 0 aliphatic heterocycles. The van der Waals surface area contributed by atoms with E-state index >= 15 is 0 Å². The molecule has 142 valence electrons. The summed E-state index contributed by atoms with van der Waals surface area (Å²) < 4.78 is 7.59. The summed E-state index contributed by atoms with van der Waals surface area (Å²) in [6.07, 6.45) is 0. The summed E-state index contributed by atoms with van der Waals surface area (Å²) in [6, 6.07) is 5.76. The van der Waals surface area contributed by atoms with Crippen LogP contribution in [0.3, 0.4) is 0 Å². The van der Waals surface area contributed by atoms with Crippen LogP contribution in [0.1, 0.15) is 40.2 Å². The first-order valence-electron chi connectivity index (χ1n) is 8.70. The Morgan fingerprint density at radius 1 is 1.24 bits per heavy atom. The molecule has 0 aliphatic rings. The van der Waals surface area contributed by atoms with Gasteiger partial charge in [-0.3, -0.25) is 9.48 Å². The zero-order valence-corrected chi connectivity index (χ0v) is 18.3. The lowest BCUT2D eigenvalue weighted by atomic mass is 9.96. The maximum Gasteiger partial charge on any atom is 0.335 e. The molecule has 0 saturated carbocycles. The Kier molecular flexibility index (Phi) is 9.80. The summed E-state index contributed by atoms with van der Waals surface area (Å²) >= 11 is 6.19. The second-order valence-corrected chi connectivity index (χ2v) is 7.60. The second-order valence-electron chi connectivity index (χ2n) is 7.19. The van der Waals surface area contributed by atoms with E-state index in [-0.39, 0.29) is 5.41 Å². The number of rotatable bonds is 2. The Bertz CT molecular complexity index is 612. The summed E-state index contributed by atoms with van der Waals surface area (Å²) in [5.41, 5.74) is 1.98. The number of hydrogen-bond donors (Lipinski definition) is 0. The Morgan fingerprint density at radius 3 is 2.20 bits per heavy atom. The number of likely N-dealkylation sites (N-methyl/N-ethyl adjacent to an activating group) is 1. The SMILES string of the molecule is CC.COC(=Nc1ccc(C)c(Cl)c1)C(N(C)CC(C)(C)C)=[N+](C)C. The van der Waals surface area contributed by atoms with Crippen LogP contribution in [-0.4, -0.2) is 56.0 Å². The van der Waals surface area contributed by atoms with E-state index in [9.17, 15) is 0 Å². The molecule has 0 spiro atoms. The van der Waals surface area contributed by atoms with Gasteiger partial charge >= 0.3 is 11.7 Å². The number of amidine groups is 1. The molecule has 0 bridgehead atoms. The van der Waals surface area contributed by atoms with Gasteiger partial charge in [-0.05, 0) is 30.0 Å². The van der Waals surface area contributed by atoms with Gasteiger partial charge in [-0.15, -0.1) is 0 Å². The van der Waals surface area contributed by atoms with Gasteiger partial charge in [0, 0.05) is 5.02 Å². The molecular weight excluding hydrogens is 334 g/mol. The Hall–Kier alpha value is -1.55. The maximum atomic E-state index is 6.19. The van der Waals surface area contributed by atoms with Crippen LogP contribution in [0.25, 0.3) is 0 Å². The largest absolute Gasteiger partial charge is 0.475 e. The molecule has 1 rings (SSSR count). The van der Waals surface area contributed by atoms with Crippen LogP contribution in [0.2, 0.25) is 5.02 Å². The smallest absolute Gasteiger partial charge is 0.335 e. The molecule has 0 radical (unpaired) electrons. The van der Waals surface area contributed by atoms with Crippen LogP contribution in [0.15, 0.2) is 23.2 Å². The van der Waals surface area contributed by atoms with Crippen molar-refractivity contribution in [1.29, 1.82) is 0 Å². The van der Waals surface area contributed by atoms with Crippen molar-refractivity contribution in [2.45, 2.75) is 41.5 Å². The predicted octanol–water partition coefficient (Wildman–Crippen LogP) is 5.00. The van der Waals surface area contributed by atoms with Gasteiger partial charge in [0.15, 0.2) is 0 Å². The van der Waals surface area contributed by atoms with E-state index in [4.69, 9.17) is 16.3 Å². The van der Waals surface area contributed by atoms with Crippen LogP contribution in [0.4, 0.5) is 5.69 Å². The van der Waals surface area contributed by atoms with E-state index in [0.717, 1.165) is 23.6 Å². The van der Waals surface area contributed by atoms with Crippen molar-refractivity contribution in [3.63, 3.8) is 0 Å². The highest BCUT2D eigenvalue weighted by molar-refractivity contribution is 6.36. The van der Waals surface area contributed by atoms with Crippen molar-refractivity contribution >= 4 is 29.0 Å². The quantitative estimate of drug-likeness (QED) is 0.417. The third-order valence-corrected chi connectivity index (χ3v) is 3.67. The Morgan fingerprint density at radius 2 is 1.80 bits per heavy atom. The summed E-state index contributed by atoms with van der Waals surface area (Å²) in [7, 11) is 7.68. The first kappa shape index (κ1) is 23.4. The lowest BCUT2D eigenvalue weighted by Crippen LogP contribution is -2.43. The number of aliphatic imine (C=N–C) groups is 1.